The van der Waals surface area contributed by atoms with Crippen molar-refractivity contribution in [1.29, 1.82) is 0 Å². The molecule has 1 amide bonds. The number of nitrogens with one attached hydrogen (secondary N) is 2. The molecule has 5 nitrogen and oxygen atoms in total. The highest BCUT2D eigenvalue weighted by Gasteiger charge is 2.18. The van der Waals surface area contributed by atoms with Crippen molar-refractivity contribution in [2.75, 3.05) is 11.3 Å². The number of hydrogen-bond donors (Lipinski definition) is 2. The number of carbonyl (C=O) groups excluding carboxylic acids is 1. The second-order valence-corrected chi connectivity index (χ2v) is 7.15. The van der Waals surface area contributed by atoms with E-state index < -0.39 is 10.0 Å². The molecule has 0 aliphatic heterocycles. The number of amides is 1. The summed E-state index contributed by atoms with van der Waals surface area (Å²) in [6.07, 6.45) is 0. The highest BCUT2D eigenvalue weighted by molar-refractivity contribution is 7.92. The fourth-order valence-corrected chi connectivity index (χ4v) is 3.93. The van der Waals surface area contributed by atoms with Crippen molar-refractivity contribution in [2.45, 2.75) is 11.8 Å². The molecular weight excluding hydrogens is 332 g/mol. The van der Waals surface area contributed by atoms with Crippen molar-refractivity contribution in [3.8, 4) is 0 Å². The quantitative estimate of drug-likeness (QED) is 0.875. The van der Waals surface area contributed by atoms with Gasteiger partial charge in [0.25, 0.3) is 15.9 Å². The lowest BCUT2D eigenvalue weighted by molar-refractivity contribution is 0.0959. The molecule has 1 aromatic carbocycles. The van der Waals surface area contributed by atoms with E-state index in [1.54, 1.807) is 31.2 Å². The van der Waals surface area contributed by atoms with Gasteiger partial charge in [-0.05, 0) is 37.3 Å². The fraction of sp³-hybridized carbons (Fsp3) is 0.154. The van der Waals surface area contributed by atoms with Crippen LogP contribution in [-0.2, 0) is 10.0 Å². The van der Waals surface area contributed by atoms with Crippen LogP contribution in [0.3, 0.4) is 0 Å². The number of carbonyl (C=O) groups is 1. The van der Waals surface area contributed by atoms with E-state index in [9.17, 15) is 13.2 Å². The van der Waals surface area contributed by atoms with E-state index in [1.165, 1.54) is 11.4 Å². The summed E-state index contributed by atoms with van der Waals surface area (Å²) in [5.41, 5.74) is 0.408. The summed E-state index contributed by atoms with van der Waals surface area (Å²) in [5, 5.41) is 4.58. The van der Waals surface area contributed by atoms with Crippen LogP contribution >= 0.6 is 22.9 Å². The summed E-state index contributed by atoms with van der Waals surface area (Å²) in [6.45, 7) is 2.28. The molecule has 0 saturated heterocycles. The SMILES string of the molecule is CCNC(=O)c1cc(S(=O)(=O)Nc2ccc(Cl)cc2)cs1. The molecule has 0 spiro atoms. The molecule has 2 N–H and O–H groups in total. The topological polar surface area (TPSA) is 75.3 Å². The second-order valence-electron chi connectivity index (χ2n) is 4.12. The first kappa shape index (κ1) is 15.8. The monoisotopic (exact) mass is 344 g/mol. The minimum Gasteiger partial charge on any atom is -0.352 e. The molecule has 112 valence electrons. The van der Waals surface area contributed by atoms with Gasteiger partial charge in [-0.25, -0.2) is 8.42 Å². The minimum atomic E-state index is -3.72. The van der Waals surface area contributed by atoms with Crippen LogP contribution in [0.25, 0.3) is 0 Å². The van der Waals surface area contributed by atoms with Gasteiger partial charge >= 0.3 is 0 Å². The van der Waals surface area contributed by atoms with Gasteiger partial charge in [-0.2, -0.15) is 0 Å². The standard InChI is InChI=1S/C13H13ClN2O3S2/c1-2-15-13(17)12-7-11(8-20-12)21(18,19)16-10-5-3-9(14)4-6-10/h3-8,16H,2H2,1H3,(H,15,17). The Morgan fingerprint density at radius 1 is 1.29 bits per heavy atom. The number of benzene rings is 1. The highest BCUT2D eigenvalue weighted by Crippen LogP contribution is 2.22. The maximum Gasteiger partial charge on any atom is 0.262 e. The molecule has 2 aromatic rings. The number of anilines is 1. The predicted molar refractivity (Wildman–Crippen MR) is 84.6 cm³/mol. The van der Waals surface area contributed by atoms with Crippen molar-refractivity contribution in [1.82, 2.24) is 5.32 Å². The molecule has 0 fully saturated rings. The van der Waals surface area contributed by atoms with E-state index in [4.69, 9.17) is 11.6 Å². The zero-order chi connectivity index (χ0) is 15.5. The Hall–Kier alpha value is -1.57. The van der Waals surface area contributed by atoms with Gasteiger partial charge in [0.05, 0.1) is 9.77 Å². The number of rotatable bonds is 5. The Bertz CT molecular complexity index is 739. The first-order valence-electron chi connectivity index (χ1n) is 6.07. The zero-order valence-corrected chi connectivity index (χ0v) is 13.5. The minimum absolute atomic E-state index is 0.0590. The lowest BCUT2D eigenvalue weighted by Crippen LogP contribution is -2.21. The molecule has 0 bridgehead atoms. The summed E-state index contributed by atoms with van der Waals surface area (Å²) in [4.78, 5) is 12.1. The summed E-state index contributed by atoms with van der Waals surface area (Å²) in [7, 11) is -3.72. The molecule has 0 aliphatic carbocycles. The maximum atomic E-state index is 12.2. The largest absolute Gasteiger partial charge is 0.352 e. The van der Waals surface area contributed by atoms with E-state index in [-0.39, 0.29) is 10.8 Å². The smallest absolute Gasteiger partial charge is 0.262 e. The van der Waals surface area contributed by atoms with Crippen LogP contribution in [0.4, 0.5) is 5.69 Å². The van der Waals surface area contributed by atoms with Crippen molar-refractivity contribution >= 4 is 44.6 Å². The van der Waals surface area contributed by atoms with Crippen LogP contribution in [-0.4, -0.2) is 20.9 Å². The van der Waals surface area contributed by atoms with E-state index in [0.717, 1.165) is 11.3 Å². The van der Waals surface area contributed by atoms with Crippen LogP contribution in [0, 0.1) is 0 Å². The third-order valence-electron chi connectivity index (χ3n) is 2.54. The maximum absolute atomic E-state index is 12.2. The Balaban J connectivity index is 2.20. The van der Waals surface area contributed by atoms with Gasteiger partial charge in [-0.15, -0.1) is 11.3 Å². The van der Waals surface area contributed by atoms with Crippen molar-refractivity contribution < 1.29 is 13.2 Å². The summed E-state index contributed by atoms with van der Waals surface area (Å²) in [6, 6.07) is 7.67. The molecular formula is C13H13ClN2O3S2. The van der Waals surface area contributed by atoms with E-state index in [1.807, 2.05) is 0 Å². The lowest BCUT2D eigenvalue weighted by Gasteiger charge is -2.06. The van der Waals surface area contributed by atoms with Crippen LogP contribution in [0.1, 0.15) is 16.6 Å². The van der Waals surface area contributed by atoms with E-state index in [2.05, 4.69) is 10.0 Å². The summed E-state index contributed by atoms with van der Waals surface area (Å²) < 4.78 is 26.9. The Morgan fingerprint density at radius 3 is 2.57 bits per heavy atom. The van der Waals surface area contributed by atoms with Crippen LogP contribution in [0.2, 0.25) is 5.02 Å². The van der Waals surface area contributed by atoms with Crippen LogP contribution < -0.4 is 10.0 Å². The van der Waals surface area contributed by atoms with Crippen molar-refractivity contribution in [3.05, 3.63) is 45.6 Å². The zero-order valence-electron chi connectivity index (χ0n) is 11.1. The number of thiophene rings is 1. The van der Waals surface area contributed by atoms with Gasteiger partial charge in [-0.1, -0.05) is 11.6 Å². The van der Waals surface area contributed by atoms with Gasteiger partial charge in [0.1, 0.15) is 0 Å². The summed E-state index contributed by atoms with van der Waals surface area (Å²) in [5.74, 6) is -0.282. The molecule has 0 unspecified atom stereocenters. The Labute approximate surface area is 132 Å². The second kappa shape index (κ2) is 6.46. The van der Waals surface area contributed by atoms with Crippen molar-refractivity contribution in [2.24, 2.45) is 0 Å². The fourth-order valence-electron chi connectivity index (χ4n) is 1.56. The molecule has 1 heterocycles. The number of halogens is 1. The molecule has 8 heteroatoms. The molecule has 1 aromatic heterocycles. The predicted octanol–water partition coefficient (Wildman–Crippen LogP) is 2.95. The Morgan fingerprint density at radius 2 is 1.95 bits per heavy atom. The Kier molecular flexibility index (Phi) is 4.87. The summed E-state index contributed by atoms with van der Waals surface area (Å²) >= 11 is 6.83. The molecule has 0 atom stereocenters. The van der Waals surface area contributed by atoms with Gasteiger partial charge in [-0.3, -0.25) is 9.52 Å². The van der Waals surface area contributed by atoms with E-state index >= 15 is 0 Å². The molecule has 0 radical (unpaired) electrons. The normalized spacial score (nSPS) is 11.1. The molecule has 0 saturated carbocycles. The highest BCUT2D eigenvalue weighted by atomic mass is 35.5. The molecule has 21 heavy (non-hydrogen) atoms. The third kappa shape index (κ3) is 3.96. The van der Waals surface area contributed by atoms with Crippen molar-refractivity contribution in [3.63, 3.8) is 0 Å². The van der Waals surface area contributed by atoms with Gasteiger partial charge in [0.2, 0.25) is 0 Å². The van der Waals surface area contributed by atoms with Crippen LogP contribution in [0.15, 0.2) is 40.6 Å². The third-order valence-corrected chi connectivity index (χ3v) is 5.23. The van der Waals surface area contributed by atoms with Gasteiger partial charge in [0, 0.05) is 22.6 Å². The van der Waals surface area contributed by atoms with Gasteiger partial charge < -0.3 is 5.32 Å². The first-order valence-corrected chi connectivity index (χ1v) is 8.81. The lowest BCUT2D eigenvalue weighted by atomic mass is 10.3. The van der Waals surface area contributed by atoms with Crippen LogP contribution in [0.5, 0.6) is 0 Å². The number of sulfonamides is 1. The molecule has 2 rings (SSSR count). The number of hydrogen-bond acceptors (Lipinski definition) is 4. The van der Waals surface area contributed by atoms with E-state index in [0.29, 0.717) is 22.1 Å². The molecule has 0 aliphatic rings. The first-order chi connectivity index (χ1) is 9.92. The average Bonchev–Trinajstić information content (AvgIpc) is 2.92. The average molecular weight is 345 g/mol. The van der Waals surface area contributed by atoms with Gasteiger partial charge in [0.15, 0.2) is 0 Å².